The lowest BCUT2D eigenvalue weighted by Gasteiger charge is -2.21. The van der Waals surface area contributed by atoms with E-state index in [1.54, 1.807) is 6.07 Å². The Kier molecular flexibility index (Phi) is 7.20. The van der Waals surface area contributed by atoms with Gasteiger partial charge in [0.15, 0.2) is 11.2 Å². The number of ether oxygens (including phenoxy) is 1. The SMILES string of the molecule is CC(C)(Oc1cccc(CCNCC(c2ccc(Cl)cc2)c2nc3ccccc3o2)c1)C(=O)O. The van der Waals surface area contributed by atoms with Crippen molar-refractivity contribution < 1.29 is 19.1 Å². The molecule has 2 N–H and O–H groups in total. The predicted octanol–water partition coefficient (Wildman–Crippen LogP) is 5.69. The lowest BCUT2D eigenvalue weighted by Crippen LogP contribution is -2.37. The largest absolute Gasteiger partial charge is 0.478 e. The van der Waals surface area contributed by atoms with Crippen molar-refractivity contribution in [3.8, 4) is 5.75 Å². The van der Waals surface area contributed by atoms with E-state index in [1.807, 2.05) is 66.7 Å². The van der Waals surface area contributed by atoms with Gasteiger partial charge >= 0.3 is 5.97 Å². The van der Waals surface area contributed by atoms with E-state index in [0.29, 0.717) is 23.2 Å². The van der Waals surface area contributed by atoms with Gasteiger partial charge in [-0.25, -0.2) is 9.78 Å². The Hall–Kier alpha value is -3.35. The molecule has 176 valence electrons. The standard InChI is InChI=1S/C27H27ClN2O4/c1-27(2,26(31)32)34-21-7-5-6-18(16-21)14-15-29-17-22(19-10-12-20(28)13-11-19)25-30-23-8-3-4-9-24(23)33-25/h3-13,16,22,29H,14-15,17H2,1-2H3,(H,31,32). The molecule has 1 atom stereocenters. The summed E-state index contributed by atoms with van der Waals surface area (Å²) in [6.45, 7) is 4.42. The fourth-order valence-corrected chi connectivity index (χ4v) is 3.79. The van der Waals surface area contributed by atoms with Crippen LogP contribution in [0.3, 0.4) is 0 Å². The van der Waals surface area contributed by atoms with Gasteiger partial charge in [-0.15, -0.1) is 0 Å². The zero-order chi connectivity index (χ0) is 24.1. The zero-order valence-corrected chi connectivity index (χ0v) is 19.9. The molecule has 0 aliphatic heterocycles. The Morgan fingerprint density at radius 2 is 1.88 bits per heavy atom. The first-order valence-electron chi connectivity index (χ1n) is 11.1. The van der Waals surface area contributed by atoms with Crippen LogP contribution in [0.5, 0.6) is 5.75 Å². The summed E-state index contributed by atoms with van der Waals surface area (Å²) in [6.07, 6.45) is 0.756. The summed E-state index contributed by atoms with van der Waals surface area (Å²) in [4.78, 5) is 16.0. The number of aromatic nitrogens is 1. The Balaban J connectivity index is 1.43. The van der Waals surface area contributed by atoms with E-state index in [1.165, 1.54) is 13.8 Å². The highest BCUT2D eigenvalue weighted by atomic mass is 35.5. The van der Waals surface area contributed by atoms with Crippen molar-refractivity contribution >= 4 is 28.7 Å². The molecule has 0 amide bonds. The average Bonchev–Trinajstić information content (AvgIpc) is 3.24. The van der Waals surface area contributed by atoms with Crippen LogP contribution in [0.15, 0.2) is 77.2 Å². The molecule has 0 bridgehead atoms. The molecule has 0 radical (unpaired) electrons. The molecule has 1 unspecified atom stereocenters. The number of oxazole rings is 1. The zero-order valence-electron chi connectivity index (χ0n) is 19.1. The monoisotopic (exact) mass is 478 g/mol. The third-order valence-corrected chi connectivity index (χ3v) is 5.86. The van der Waals surface area contributed by atoms with Gasteiger partial charge in [-0.2, -0.15) is 0 Å². The smallest absolute Gasteiger partial charge is 0.347 e. The molecule has 0 saturated carbocycles. The van der Waals surface area contributed by atoms with Crippen molar-refractivity contribution in [1.82, 2.24) is 10.3 Å². The number of para-hydroxylation sites is 2. The molecule has 6 nitrogen and oxygen atoms in total. The topological polar surface area (TPSA) is 84.6 Å². The first-order chi connectivity index (χ1) is 16.3. The molecular formula is C27H27ClN2O4. The van der Waals surface area contributed by atoms with Crippen molar-refractivity contribution in [3.05, 3.63) is 94.8 Å². The fourth-order valence-electron chi connectivity index (χ4n) is 3.66. The summed E-state index contributed by atoms with van der Waals surface area (Å²) in [5, 5.41) is 13.5. The maximum absolute atomic E-state index is 11.3. The second-order valence-electron chi connectivity index (χ2n) is 8.64. The van der Waals surface area contributed by atoms with Gasteiger partial charge in [-0.1, -0.05) is 48.0 Å². The summed E-state index contributed by atoms with van der Waals surface area (Å²) in [5.74, 6) is 0.112. The lowest BCUT2D eigenvalue weighted by atomic mass is 9.99. The van der Waals surface area contributed by atoms with Crippen LogP contribution in [0, 0.1) is 0 Å². The molecular weight excluding hydrogens is 452 g/mol. The number of carboxylic acid groups (broad SMARTS) is 1. The van der Waals surface area contributed by atoms with Gasteiger partial charge in [0, 0.05) is 11.6 Å². The summed E-state index contributed by atoms with van der Waals surface area (Å²) in [7, 11) is 0. The van der Waals surface area contributed by atoms with E-state index < -0.39 is 11.6 Å². The molecule has 4 rings (SSSR count). The number of rotatable bonds is 10. The van der Waals surface area contributed by atoms with Crippen LogP contribution in [0.1, 0.15) is 36.8 Å². The van der Waals surface area contributed by atoms with Crippen LogP contribution in [-0.2, 0) is 11.2 Å². The predicted molar refractivity (Wildman–Crippen MR) is 133 cm³/mol. The van der Waals surface area contributed by atoms with Gasteiger partial charge in [0.25, 0.3) is 0 Å². The second-order valence-corrected chi connectivity index (χ2v) is 9.08. The highest BCUT2D eigenvalue weighted by Gasteiger charge is 2.29. The van der Waals surface area contributed by atoms with E-state index in [9.17, 15) is 9.90 Å². The van der Waals surface area contributed by atoms with Gasteiger partial charge in [0.05, 0.1) is 5.92 Å². The van der Waals surface area contributed by atoms with Crippen LogP contribution in [0.25, 0.3) is 11.1 Å². The number of aliphatic carboxylic acids is 1. The maximum Gasteiger partial charge on any atom is 0.347 e. The normalized spacial score (nSPS) is 12.6. The Morgan fingerprint density at radius 1 is 1.12 bits per heavy atom. The molecule has 0 saturated heterocycles. The Bertz CT molecular complexity index is 1230. The number of benzene rings is 3. The molecule has 0 spiro atoms. The molecule has 4 aromatic rings. The van der Waals surface area contributed by atoms with E-state index in [4.69, 9.17) is 25.7 Å². The van der Waals surface area contributed by atoms with Crippen LogP contribution in [0.2, 0.25) is 5.02 Å². The van der Waals surface area contributed by atoms with Crippen molar-refractivity contribution in [2.24, 2.45) is 0 Å². The fraction of sp³-hybridized carbons (Fsp3) is 0.259. The summed E-state index contributed by atoms with van der Waals surface area (Å²) in [6, 6.07) is 23.0. The van der Waals surface area contributed by atoms with E-state index in [0.717, 1.165) is 35.2 Å². The number of fused-ring (bicyclic) bond motifs is 1. The van der Waals surface area contributed by atoms with Gasteiger partial charge in [-0.3, -0.25) is 0 Å². The van der Waals surface area contributed by atoms with Crippen molar-refractivity contribution in [2.75, 3.05) is 13.1 Å². The first kappa shape index (κ1) is 23.8. The number of halogens is 1. The minimum Gasteiger partial charge on any atom is -0.478 e. The van der Waals surface area contributed by atoms with Gasteiger partial charge < -0.3 is 19.6 Å². The lowest BCUT2D eigenvalue weighted by molar-refractivity contribution is -0.152. The van der Waals surface area contributed by atoms with Gasteiger partial charge in [-0.05, 0) is 74.3 Å². The number of carboxylic acids is 1. The molecule has 3 aromatic carbocycles. The Morgan fingerprint density at radius 3 is 2.62 bits per heavy atom. The van der Waals surface area contributed by atoms with E-state index in [2.05, 4.69) is 5.32 Å². The van der Waals surface area contributed by atoms with Gasteiger partial charge in [0.1, 0.15) is 11.3 Å². The number of nitrogens with one attached hydrogen (secondary N) is 1. The van der Waals surface area contributed by atoms with E-state index >= 15 is 0 Å². The minimum atomic E-state index is -1.29. The Labute approximate surface area is 203 Å². The minimum absolute atomic E-state index is 0.0734. The summed E-state index contributed by atoms with van der Waals surface area (Å²) < 4.78 is 11.7. The van der Waals surface area contributed by atoms with Crippen LogP contribution in [0.4, 0.5) is 0 Å². The highest BCUT2D eigenvalue weighted by molar-refractivity contribution is 6.30. The molecule has 0 fully saturated rings. The summed E-state index contributed by atoms with van der Waals surface area (Å²) >= 11 is 6.09. The average molecular weight is 479 g/mol. The van der Waals surface area contributed by atoms with Crippen molar-refractivity contribution in [3.63, 3.8) is 0 Å². The quantitative estimate of drug-likeness (QED) is 0.285. The highest BCUT2D eigenvalue weighted by Crippen LogP contribution is 2.28. The third-order valence-electron chi connectivity index (χ3n) is 5.61. The molecule has 34 heavy (non-hydrogen) atoms. The maximum atomic E-state index is 11.3. The molecule has 1 aromatic heterocycles. The molecule has 0 aliphatic rings. The first-order valence-corrected chi connectivity index (χ1v) is 11.5. The van der Waals surface area contributed by atoms with Gasteiger partial charge in [0.2, 0.25) is 5.89 Å². The van der Waals surface area contributed by atoms with Crippen LogP contribution in [-0.4, -0.2) is 34.8 Å². The molecule has 1 heterocycles. The van der Waals surface area contributed by atoms with Crippen molar-refractivity contribution in [1.29, 1.82) is 0 Å². The number of hydrogen-bond acceptors (Lipinski definition) is 5. The van der Waals surface area contributed by atoms with Crippen LogP contribution < -0.4 is 10.1 Å². The molecule has 7 heteroatoms. The second kappa shape index (κ2) is 10.3. The van der Waals surface area contributed by atoms with E-state index in [-0.39, 0.29) is 5.92 Å². The van der Waals surface area contributed by atoms with Crippen LogP contribution >= 0.6 is 11.6 Å². The number of carbonyl (C=O) groups is 1. The number of nitrogens with zero attached hydrogens (tertiary/aromatic N) is 1. The number of hydrogen-bond donors (Lipinski definition) is 2. The van der Waals surface area contributed by atoms with Crippen molar-refractivity contribution in [2.45, 2.75) is 31.8 Å². The molecule has 0 aliphatic carbocycles. The summed E-state index contributed by atoms with van der Waals surface area (Å²) in [5.41, 5.74) is 2.42. The third kappa shape index (κ3) is 5.76.